The molecule has 0 spiro atoms. The molecule has 0 saturated carbocycles. The number of hydrogen-bond donors (Lipinski definition) is 0. The molecule has 0 amide bonds. The normalized spacial score (nSPS) is 23.0. The van der Waals surface area contributed by atoms with Gasteiger partial charge in [-0.15, -0.1) is 0 Å². The van der Waals surface area contributed by atoms with Crippen LogP contribution in [0.5, 0.6) is 0 Å². The van der Waals surface area contributed by atoms with Crippen molar-refractivity contribution in [3.8, 4) is 0 Å². The number of hydrogen-bond acceptors (Lipinski definition) is 0. The monoisotopic (exact) mass is 226 g/mol. The molecule has 0 unspecified atom stereocenters. The molecule has 1 fully saturated rings. The molecule has 1 aromatic carbocycles. The Bertz CT molecular complexity index is 398. The largest absolute Gasteiger partial charge is 0.0971 e. The highest BCUT2D eigenvalue weighted by atomic mass is 28.3. The van der Waals surface area contributed by atoms with E-state index in [4.69, 9.17) is 0 Å². The van der Waals surface area contributed by atoms with Crippen molar-refractivity contribution in [2.24, 2.45) is 0 Å². The molecule has 1 saturated heterocycles. The maximum absolute atomic E-state index is 2.44. The predicted molar refractivity (Wildman–Crippen MR) is 72.7 cm³/mol. The van der Waals surface area contributed by atoms with Crippen LogP contribution in [0.1, 0.15) is 12.8 Å². The lowest BCUT2D eigenvalue weighted by atomic mass is 10.4. The highest BCUT2D eigenvalue weighted by Gasteiger charge is 2.43. The van der Waals surface area contributed by atoms with E-state index in [0.29, 0.717) is 0 Å². The van der Waals surface area contributed by atoms with E-state index in [-0.39, 0.29) is 0 Å². The second-order valence-electron chi connectivity index (χ2n) is 5.02. The van der Waals surface area contributed by atoms with E-state index >= 15 is 0 Å². The Hall–Kier alpha value is -1.08. The van der Waals surface area contributed by atoms with Gasteiger partial charge < -0.3 is 0 Å². The maximum atomic E-state index is 2.44. The van der Waals surface area contributed by atoms with E-state index in [1.165, 1.54) is 24.9 Å². The van der Waals surface area contributed by atoms with Gasteiger partial charge in [0, 0.05) is 0 Å². The van der Waals surface area contributed by atoms with Gasteiger partial charge in [-0.2, -0.15) is 0 Å². The first-order valence-corrected chi connectivity index (χ1v) is 8.81. The van der Waals surface area contributed by atoms with Crippen LogP contribution in [0, 0.1) is 0 Å². The summed E-state index contributed by atoms with van der Waals surface area (Å²) in [7, 11) is -1.25. The smallest absolute Gasteiger partial charge is 0.0800 e. The third-order valence-electron chi connectivity index (χ3n) is 4.23. The third-order valence-corrected chi connectivity index (χ3v) is 9.87. The van der Waals surface area contributed by atoms with Gasteiger partial charge in [0.15, 0.2) is 0 Å². The van der Waals surface area contributed by atoms with Crippen LogP contribution in [-0.4, -0.2) is 8.07 Å². The molecule has 1 heteroatoms. The molecule has 0 radical (unpaired) electrons. The second-order valence-corrected chi connectivity index (χ2v) is 9.58. The molecule has 0 nitrogen and oxygen atoms in total. The van der Waals surface area contributed by atoms with Gasteiger partial charge in [-0.05, 0) is 5.54 Å². The van der Waals surface area contributed by atoms with Crippen LogP contribution in [0.15, 0.2) is 54.6 Å². The van der Waals surface area contributed by atoms with E-state index in [1.807, 2.05) is 0 Å². The average Bonchev–Trinajstić information content (AvgIpc) is 3.02. The standard InChI is InChI=1S/C15H18Si/c1-2-8-14(9-3-1)16(12-6-7-13-16)15-10-4-5-11-15/h1-5,8-11,15H,6-7,12-13H2. The molecule has 3 rings (SSSR count). The van der Waals surface area contributed by atoms with Crippen LogP contribution in [0.25, 0.3) is 0 Å². The Morgan fingerprint density at radius 3 is 2.12 bits per heavy atom. The van der Waals surface area contributed by atoms with E-state index in [2.05, 4.69) is 54.6 Å². The molecule has 0 bridgehead atoms. The lowest BCUT2D eigenvalue weighted by molar-refractivity contribution is 0.935. The van der Waals surface area contributed by atoms with Crippen molar-refractivity contribution >= 4 is 13.3 Å². The van der Waals surface area contributed by atoms with Crippen LogP contribution >= 0.6 is 0 Å². The van der Waals surface area contributed by atoms with Gasteiger partial charge in [-0.3, -0.25) is 0 Å². The zero-order valence-corrected chi connectivity index (χ0v) is 10.6. The molecule has 1 aliphatic heterocycles. The summed E-state index contributed by atoms with van der Waals surface area (Å²) in [5.41, 5.74) is 0.761. The summed E-state index contributed by atoms with van der Waals surface area (Å²) in [6, 6.07) is 14.3. The van der Waals surface area contributed by atoms with Crippen molar-refractivity contribution in [1.82, 2.24) is 0 Å². The molecule has 82 valence electrons. The molecule has 0 atom stereocenters. The van der Waals surface area contributed by atoms with E-state index < -0.39 is 8.07 Å². The molecular weight excluding hydrogens is 208 g/mol. The van der Waals surface area contributed by atoms with E-state index in [0.717, 1.165) is 5.54 Å². The minimum atomic E-state index is -1.25. The molecular formula is C15H18Si. The molecule has 0 N–H and O–H groups in total. The first-order chi connectivity index (χ1) is 7.92. The van der Waals surface area contributed by atoms with Crippen molar-refractivity contribution in [3.05, 3.63) is 54.6 Å². The van der Waals surface area contributed by atoms with Crippen molar-refractivity contribution in [2.45, 2.75) is 30.5 Å². The molecule has 1 aliphatic carbocycles. The zero-order chi connectivity index (χ0) is 10.8. The Morgan fingerprint density at radius 2 is 1.50 bits per heavy atom. The van der Waals surface area contributed by atoms with Gasteiger partial charge in [0.25, 0.3) is 0 Å². The Kier molecular flexibility index (Phi) is 2.56. The first kappa shape index (κ1) is 10.1. The summed E-state index contributed by atoms with van der Waals surface area (Å²) in [6.07, 6.45) is 12.2. The van der Waals surface area contributed by atoms with Crippen molar-refractivity contribution < 1.29 is 0 Å². The van der Waals surface area contributed by atoms with Gasteiger partial charge in [0.05, 0.1) is 8.07 Å². The third kappa shape index (κ3) is 1.50. The Balaban J connectivity index is 2.03. The first-order valence-electron chi connectivity index (χ1n) is 6.32. The average molecular weight is 226 g/mol. The minimum absolute atomic E-state index is 0.761. The van der Waals surface area contributed by atoms with Gasteiger partial charge in [-0.1, -0.05) is 84.8 Å². The van der Waals surface area contributed by atoms with Crippen LogP contribution in [0.2, 0.25) is 17.6 Å². The van der Waals surface area contributed by atoms with Crippen molar-refractivity contribution in [3.63, 3.8) is 0 Å². The lowest BCUT2D eigenvalue weighted by Crippen LogP contribution is -2.47. The summed E-state index contributed by atoms with van der Waals surface area (Å²) in [4.78, 5) is 0. The Labute approximate surface area is 98.7 Å². The Morgan fingerprint density at radius 1 is 0.875 bits per heavy atom. The lowest BCUT2D eigenvalue weighted by Gasteiger charge is -2.31. The number of rotatable bonds is 2. The van der Waals surface area contributed by atoms with Gasteiger partial charge in [0.2, 0.25) is 0 Å². The van der Waals surface area contributed by atoms with E-state index in [1.54, 1.807) is 5.19 Å². The summed E-state index contributed by atoms with van der Waals surface area (Å²) in [6.45, 7) is 0. The minimum Gasteiger partial charge on any atom is -0.0800 e. The topological polar surface area (TPSA) is 0 Å². The molecule has 1 aromatic rings. The molecule has 2 aliphatic rings. The van der Waals surface area contributed by atoms with Crippen LogP contribution in [-0.2, 0) is 0 Å². The van der Waals surface area contributed by atoms with Crippen LogP contribution in [0.4, 0.5) is 0 Å². The SMILES string of the molecule is C1=CC([Si]2(c3ccccc3)CCCC2)C=C1. The van der Waals surface area contributed by atoms with Gasteiger partial charge in [-0.25, -0.2) is 0 Å². The fourth-order valence-electron chi connectivity index (χ4n) is 3.39. The van der Waals surface area contributed by atoms with Crippen molar-refractivity contribution in [2.75, 3.05) is 0 Å². The zero-order valence-electron chi connectivity index (χ0n) is 9.60. The highest BCUT2D eigenvalue weighted by Crippen LogP contribution is 2.41. The van der Waals surface area contributed by atoms with Crippen LogP contribution < -0.4 is 5.19 Å². The predicted octanol–water partition coefficient (Wildman–Crippen LogP) is 3.63. The fraction of sp³-hybridized carbons (Fsp3) is 0.333. The summed E-state index contributed by atoms with van der Waals surface area (Å²) in [5, 5.41) is 1.67. The fourth-order valence-corrected chi connectivity index (χ4v) is 8.85. The summed E-state index contributed by atoms with van der Waals surface area (Å²) < 4.78 is 0. The summed E-state index contributed by atoms with van der Waals surface area (Å²) in [5.74, 6) is 0. The van der Waals surface area contributed by atoms with E-state index in [9.17, 15) is 0 Å². The second kappa shape index (κ2) is 4.06. The molecule has 0 aromatic heterocycles. The van der Waals surface area contributed by atoms with Gasteiger partial charge >= 0.3 is 0 Å². The van der Waals surface area contributed by atoms with Crippen molar-refractivity contribution in [1.29, 1.82) is 0 Å². The highest BCUT2D eigenvalue weighted by molar-refractivity contribution is 6.94. The maximum Gasteiger partial charge on any atom is 0.0971 e. The molecule has 16 heavy (non-hydrogen) atoms. The number of benzene rings is 1. The molecule has 1 heterocycles. The van der Waals surface area contributed by atoms with Crippen LogP contribution in [0.3, 0.4) is 0 Å². The van der Waals surface area contributed by atoms with Gasteiger partial charge in [0.1, 0.15) is 0 Å². The summed E-state index contributed by atoms with van der Waals surface area (Å²) >= 11 is 0. The quantitative estimate of drug-likeness (QED) is 0.676. The number of allylic oxidation sites excluding steroid dienone is 4.